The van der Waals surface area contributed by atoms with Gasteiger partial charge in [0, 0.05) is 19.5 Å². The molecule has 2 aliphatic heterocycles. The number of carbonyl (C=O) groups is 2. The predicted molar refractivity (Wildman–Crippen MR) is 107 cm³/mol. The Labute approximate surface area is 171 Å². The summed E-state index contributed by atoms with van der Waals surface area (Å²) in [6, 6.07) is 7.49. The zero-order valence-corrected chi connectivity index (χ0v) is 16.6. The summed E-state index contributed by atoms with van der Waals surface area (Å²) in [6.45, 7) is 3.26. The zero-order valence-electron chi connectivity index (χ0n) is 15.8. The first-order valence-corrected chi connectivity index (χ1v) is 9.58. The number of carboxylic acids is 1. The predicted octanol–water partition coefficient (Wildman–Crippen LogP) is 2.45. The first kappa shape index (κ1) is 22.0. The number of nitrogens with zero attached hydrogens (tertiary/aromatic N) is 2. The first-order chi connectivity index (χ1) is 13.1. The highest BCUT2D eigenvalue weighted by Crippen LogP contribution is 2.29. The maximum absolute atomic E-state index is 12.3. The summed E-state index contributed by atoms with van der Waals surface area (Å²) < 4.78 is 0. The molecular formula is C20H27ClN4O3. The minimum atomic E-state index is -0.854. The van der Waals surface area contributed by atoms with E-state index in [4.69, 9.17) is 5.11 Å². The third-order valence-electron chi connectivity index (χ3n) is 5.55. The third-order valence-corrected chi connectivity index (χ3v) is 5.55. The van der Waals surface area contributed by atoms with Gasteiger partial charge in [-0.25, -0.2) is 4.79 Å². The number of aryl methyl sites for hydroxylation is 1. The number of carbonyl (C=O) groups excluding carboxylic acids is 1. The van der Waals surface area contributed by atoms with Crippen LogP contribution in [0.25, 0.3) is 0 Å². The molecule has 0 saturated carbocycles. The average Bonchev–Trinajstić information content (AvgIpc) is 3.05. The van der Waals surface area contributed by atoms with Crippen molar-refractivity contribution in [3.8, 4) is 6.07 Å². The van der Waals surface area contributed by atoms with Crippen molar-refractivity contribution in [3.63, 3.8) is 0 Å². The molecule has 2 fully saturated rings. The van der Waals surface area contributed by atoms with Crippen molar-refractivity contribution < 1.29 is 14.7 Å². The van der Waals surface area contributed by atoms with E-state index in [0.717, 1.165) is 43.5 Å². The number of rotatable bonds is 7. The Bertz CT molecular complexity index is 743. The molecule has 1 unspecified atom stereocenters. The second-order valence-electron chi connectivity index (χ2n) is 7.30. The Hall–Kier alpha value is -2.30. The Balaban J connectivity index is 0.00000280. The van der Waals surface area contributed by atoms with E-state index in [1.165, 1.54) is 0 Å². The lowest BCUT2D eigenvalue weighted by Crippen LogP contribution is -2.34. The number of carboxylic acid groups (broad SMARTS) is 1. The average molecular weight is 407 g/mol. The maximum atomic E-state index is 12.3. The van der Waals surface area contributed by atoms with Gasteiger partial charge in [0.25, 0.3) is 0 Å². The molecule has 0 bridgehead atoms. The Morgan fingerprint density at radius 1 is 1.32 bits per heavy atom. The molecule has 0 spiro atoms. The molecule has 2 amide bonds. The number of hydrogen-bond donors (Lipinski definition) is 3. The number of nitrogens with one attached hydrogen (secondary N) is 2. The quantitative estimate of drug-likeness (QED) is 0.645. The van der Waals surface area contributed by atoms with E-state index in [9.17, 15) is 14.9 Å². The van der Waals surface area contributed by atoms with Gasteiger partial charge in [-0.2, -0.15) is 5.26 Å². The fraction of sp³-hybridized carbons (Fsp3) is 0.550. The first-order valence-electron chi connectivity index (χ1n) is 9.58. The smallest absolute Gasteiger partial charge is 0.318 e. The third kappa shape index (κ3) is 5.37. The van der Waals surface area contributed by atoms with Crippen molar-refractivity contribution in [2.45, 2.75) is 38.1 Å². The highest BCUT2D eigenvalue weighted by atomic mass is 35.5. The molecule has 2 heterocycles. The topological polar surface area (TPSA) is 105 Å². The van der Waals surface area contributed by atoms with E-state index in [1.807, 2.05) is 17.0 Å². The normalized spacial score (nSPS) is 19.6. The van der Waals surface area contributed by atoms with Crippen LogP contribution in [0.4, 0.5) is 4.79 Å². The van der Waals surface area contributed by atoms with Gasteiger partial charge in [-0.3, -0.25) is 4.79 Å². The summed E-state index contributed by atoms with van der Waals surface area (Å²) >= 11 is 0. The molecule has 2 saturated heterocycles. The molecule has 152 valence electrons. The van der Waals surface area contributed by atoms with Crippen molar-refractivity contribution in [2.24, 2.45) is 5.92 Å². The summed E-state index contributed by atoms with van der Waals surface area (Å²) in [7, 11) is 0. The highest BCUT2D eigenvalue weighted by Gasteiger charge is 2.33. The van der Waals surface area contributed by atoms with Gasteiger partial charge in [0.15, 0.2) is 0 Å². The number of piperidine rings is 1. The zero-order chi connectivity index (χ0) is 19.2. The minimum Gasteiger partial charge on any atom is -0.481 e. The minimum absolute atomic E-state index is 0. The van der Waals surface area contributed by atoms with Crippen LogP contribution in [0, 0.1) is 17.2 Å². The van der Waals surface area contributed by atoms with Gasteiger partial charge in [0.2, 0.25) is 0 Å². The molecule has 1 aromatic carbocycles. The van der Waals surface area contributed by atoms with Crippen LogP contribution >= 0.6 is 12.4 Å². The maximum Gasteiger partial charge on any atom is 0.318 e. The molecule has 3 N–H and O–H groups in total. The highest BCUT2D eigenvalue weighted by molar-refractivity contribution is 5.85. The molecule has 3 rings (SSSR count). The van der Waals surface area contributed by atoms with E-state index in [1.54, 1.807) is 6.07 Å². The summed E-state index contributed by atoms with van der Waals surface area (Å²) in [5.74, 6) is -0.221. The molecule has 28 heavy (non-hydrogen) atoms. The Kier molecular flexibility index (Phi) is 8.09. The lowest BCUT2D eigenvalue weighted by atomic mass is 9.93. The van der Waals surface area contributed by atoms with Gasteiger partial charge >= 0.3 is 12.0 Å². The standard InChI is InChI=1S/C20H26N4O3.ClH/c21-12-16-11-15(2-4-19(25)26)1-3-17(16)18-13-23-20(27)24(18)10-7-14-5-8-22-9-6-14;/h1,3,11,14,18,22H,2,4-10,13H2,(H,23,27)(H,25,26);1H. The Morgan fingerprint density at radius 3 is 2.75 bits per heavy atom. The summed E-state index contributed by atoms with van der Waals surface area (Å²) in [4.78, 5) is 24.9. The molecule has 0 aromatic heterocycles. The van der Waals surface area contributed by atoms with Crippen LogP contribution in [0.3, 0.4) is 0 Å². The van der Waals surface area contributed by atoms with Crippen LogP contribution in [0.2, 0.25) is 0 Å². The number of hydrogen-bond acceptors (Lipinski definition) is 4. The van der Waals surface area contributed by atoms with E-state index in [2.05, 4.69) is 16.7 Å². The van der Waals surface area contributed by atoms with Gasteiger partial charge in [-0.15, -0.1) is 12.4 Å². The number of benzene rings is 1. The van der Waals surface area contributed by atoms with Crippen LogP contribution in [-0.2, 0) is 11.2 Å². The summed E-state index contributed by atoms with van der Waals surface area (Å²) in [5.41, 5.74) is 2.18. The molecule has 0 radical (unpaired) electrons. The van der Waals surface area contributed by atoms with E-state index in [0.29, 0.717) is 31.0 Å². The van der Waals surface area contributed by atoms with Crippen LogP contribution in [0.1, 0.15) is 48.4 Å². The monoisotopic (exact) mass is 406 g/mol. The second kappa shape index (κ2) is 10.3. The largest absolute Gasteiger partial charge is 0.481 e. The second-order valence-corrected chi connectivity index (χ2v) is 7.30. The van der Waals surface area contributed by atoms with Gasteiger partial charge < -0.3 is 20.6 Å². The number of urea groups is 1. The van der Waals surface area contributed by atoms with Crippen molar-refractivity contribution >= 4 is 24.4 Å². The van der Waals surface area contributed by atoms with E-state index >= 15 is 0 Å². The van der Waals surface area contributed by atoms with Crippen molar-refractivity contribution in [2.75, 3.05) is 26.2 Å². The molecule has 7 nitrogen and oxygen atoms in total. The molecule has 1 aromatic rings. The number of nitriles is 1. The molecule has 0 aliphatic carbocycles. The Morgan fingerprint density at radius 2 is 2.07 bits per heavy atom. The van der Waals surface area contributed by atoms with E-state index in [-0.39, 0.29) is 30.9 Å². The fourth-order valence-corrected chi connectivity index (χ4v) is 3.96. The van der Waals surface area contributed by atoms with Crippen molar-refractivity contribution in [1.82, 2.24) is 15.5 Å². The summed E-state index contributed by atoms with van der Waals surface area (Å²) in [5, 5.41) is 24.7. The molecule has 8 heteroatoms. The molecule has 2 aliphatic rings. The van der Waals surface area contributed by atoms with Crippen LogP contribution in [0.5, 0.6) is 0 Å². The lowest BCUT2D eigenvalue weighted by Gasteiger charge is -2.28. The SMILES string of the molecule is Cl.N#Cc1cc(CCC(=O)O)ccc1C1CNC(=O)N1CCC1CCNCC1. The van der Waals surface area contributed by atoms with Gasteiger partial charge in [-0.1, -0.05) is 12.1 Å². The summed E-state index contributed by atoms with van der Waals surface area (Å²) in [6.07, 6.45) is 3.69. The van der Waals surface area contributed by atoms with Gasteiger partial charge in [-0.05, 0) is 61.9 Å². The molecule has 1 atom stereocenters. The van der Waals surface area contributed by atoms with Gasteiger partial charge in [0.05, 0.1) is 17.7 Å². The van der Waals surface area contributed by atoms with Crippen molar-refractivity contribution in [3.05, 3.63) is 34.9 Å². The fourth-order valence-electron chi connectivity index (χ4n) is 3.96. The number of halogens is 1. The van der Waals surface area contributed by atoms with Gasteiger partial charge in [0.1, 0.15) is 0 Å². The van der Waals surface area contributed by atoms with Crippen LogP contribution in [0.15, 0.2) is 18.2 Å². The van der Waals surface area contributed by atoms with Crippen LogP contribution < -0.4 is 10.6 Å². The molecular weight excluding hydrogens is 380 g/mol. The number of amides is 2. The lowest BCUT2D eigenvalue weighted by molar-refractivity contribution is -0.136. The number of aliphatic carboxylic acids is 1. The van der Waals surface area contributed by atoms with E-state index < -0.39 is 5.97 Å². The van der Waals surface area contributed by atoms with Crippen LogP contribution in [-0.4, -0.2) is 48.2 Å². The van der Waals surface area contributed by atoms with Crippen molar-refractivity contribution in [1.29, 1.82) is 5.26 Å².